The van der Waals surface area contributed by atoms with Crippen LogP contribution in [0.3, 0.4) is 0 Å². The van der Waals surface area contributed by atoms with Crippen molar-refractivity contribution in [3.8, 4) is 0 Å². The highest BCUT2D eigenvalue weighted by Gasteiger charge is 2.47. The van der Waals surface area contributed by atoms with Crippen LogP contribution in [0, 0.1) is 0 Å². The van der Waals surface area contributed by atoms with E-state index in [0.717, 1.165) is 30.8 Å². The molecule has 0 spiro atoms. The predicted molar refractivity (Wildman–Crippen MR) is 88.6 cm³/mol. The van der Waals surface area contributed by atoms with Crippen LogP contribution in [0.1, 0.15) is 18.1 Å². The van der Waals surface area contributed by atoms with E-state index in [1.165, 1.54) is 23.6 Å². The third kappa shape index (κ3) is 2.96. The minimum atomic E-state index is -4.43. The number of aliphatic hydroxyl groups is 1. The zero-order valence-electron chi connectivity index (χ0n) is 12.6. The normalized spacial score (nSPS) is 24.1. The van der Waals surface area contributed by atoms with Gasteiger partial charge in [0.2, 0.25) is 11.6 Å². The first-order valence-electron chi connectivity index (χ1n) is 7.02. The molecule has 1 unspecified atom stereocenters. The lowest BCUT2D eigenvalue weighted by molar-refractivity contribution is -0.144. The summed E-state index contributed by atoms with van der Waals surface area (Å²) in [5, 5.41) is 11.2. The molecule has 1 aliphatic heterocycles. The summed E-state index contributed by atoms with van der Waals surface area (Å²) in [5.41, 5.74) is -2.23. The summed E-state index contributed by atoms with van der Waals surface area (Å²) in [4.78, 5) is 24.8. The number of thioether (sulfide) groups is 1. The number of hydrogen-bond donors (Lipinski definition) is 1. The Morgan fingerprint density at radius 3 is 2.28 bits per heavy atom. The molecular formula is C17H10ClF3O3S. The zero-order chi connectivity index (χ0) is 18.6. The Morgan fingerprint density at radius 2 is 1.72 bits per heavy atom. The fraction of sp³-hybridized carbons (Fsp3) is 0.176. The van der Waals surface area contributed by atoms with Crippen LogP contribution in [-0.4, -0.2) is 22.3 Å². The van der Waals surface area contributed by atoms with E-state index in [1.54, 1.807) is 0 Å². The summed E-state index contributed by atoms with van der Waals surface area (Å²) >= 11 is 7.11. The molecule has 0 saturated carbocycles. The molecule has 1 atom stereocenters. The molecular weight excluding hydrogens is 377 g/mol. The van der Waals surface area contributed by atoms with Crippen molar-refractivity contribution >= 4 is 39.8 Å². The van der Waals surface area contributed by atoms with Gasteiger partial charge in [-0.05, 0) is 36.1 Å². The molecule has 8 heteroatoms. The van der Waals surface area contributed by atoms with Crippen LogP contribution in [0.25, 0.3) is 4.91 Å². The molecule has 0 bridgehead atoms. The average Bonchev–Trinajstić information content (AvgIpc) is 2.57. The number of allylic oxidation sites excluding steroid dienone is 2. The van der Waals surface area contributed by atoms with Crippen LogP contribution in [-0.2, 0) is 15.8 Å². The number of benzene rings is 1. The Morgan fingerprint density at radius 1 is 1.12 bits per heavy atom. The number of carbonyl (C=O) groups excluding carboxylic acids is 2. The van der Waals surface area contributed by atoms with Gasteiger partial charge in [0.25, 0.3) is 0 Å². The van der Waals surface area contributed by atoms with Crippen LogP contribution in [0.5, 0.6) is 0 Å². The molecule has 1 heterocycles. The third-order valence-corrected chi connectivity index (χ3v) is 5.27. The molecule has 0 fully saturated rings. The van der Waals surface area contributed by atoms with Gasteiger partial charge in [0.1, 0.15) is 0 Å². The lowest BCUT2D eigenvalue weighted by atomic mass is 9.81. The van der Waals surface area contributed by atoms with Crippen LogP contribution < -0.4 is 0 Å². The first-order chi connectivity index (χ1) is 11.5. The predicted octanol–water partition coefficient (Wildman–Crippen LogP) is 4.07. The Balaban J connectivity index is 2.02. The fourth-order valence-electron chi connectivity index (χ4n) is 2.46. The average molecular weight is 387 g/mol. The van der Waals surface area contributed by atoms with E-state index in [-0.39, 0.29) is 16.2 Å². The van der Waals surface area contributed by atoms with Crippen molar-refractivity contribution < 1.29 is 27.9 Å². The van der Waals surface area contributed by atoms with E-state index in [0.29, 0.717) is 10.5 Å². The van der Waals surface area contributed by atoms with Crippen LogP contribution >= 0.6 is 23.4 Å². The van der Waals surface area contributed by atoms with Gasteiger partial charge in [0.15, 0.2) is 5.60 Å². The molecule has 0 amide bonds. The molecule has 0 radical (unpaired) electrons. The zero-order valence-corrected chi connectivity index (χ0v) is 14.2. The lowest BCUT2D eigenvalue weighted by Gasteiger charge is -2.29. The number of Topliss-reactive ketones (excluding diaryl/α,β-unsaturated/α-hetero) is 2. The number of carbonyl (C=O) groups is 2. The maximum Gasteiger partial charge on any atom is 0.416 e. The number of halogens is 4. The van der Waals surface area contributed by atoms with Gasteiger partial charge < -0.3 is 5.11 Å². The van der Waals surface area contributed by atoms with Crippen molar-refractivity contribution in [2.45, 2.75) is 18.7 Å². The van der Waals surface area contributed by atoms with Gasteiger partial charge in [-0.2, -0.15) is 13.2 Å². The highest BCUT2D eigenvalue weighted by molar-refractivity contribution is 8.11. The number of hydrogen-bond acceptors (Lipinski definition) is 4. The summed E-state index contributed by atoms with van der Waals surface area (Å²) in [6, 6.07) is 4.51. The minimum absolute atomic E-state index is 0.107. The highest BCUT2D eigenvalue weighted by atomic mass is 35.5. The molecule has 0 saturated heterocycles. The Kier molecular flexibility index (Phi) is 4.21. The van der Waals surface area contributed by atoms with E-state index < -0.39 is 28.9 Å². The molecule has 25 heavy (non-hydrogen) atoms. The van der Waals surface area contributed by atoms with E-state index in [2.05, 4.69) is 0 Å². The van der Waals surface area contributed by atoms with Gasteiger partial charge in [-0.15, -0.1) is 0 Å². The second-order valence-electron chi connectivity index (χ2n) is 5.69. The van der Waals surface area contributed by atoms with E-state index in [1.807, 2.05) is 0 Å². The molecule has 130 valence electrons. The summed E-state index contributed by atoms with van der Waals surface area (Å²) < 4.78 is 37.9. The number of fused-ring (bicyclic) bond motifs is 1. The standard InChI is InChI=1S/C17H10ClF3O3S/c1-16(24)14(22)11-7-25-12(6-10(11)13(18)15(16)23)8-2-4-9(5-3-8)17(19,20)21/h2-7,24H,1H3. The third-order valence-electron chi connectivity index (χ3n) is 3.93. The quantitative estimate of drug-likeness (QED) is 0.739. The topological polar surface area (TPSA) is 54.4 Å². The largest absolute Gasteiger partial charge is 0.416 e. The Bertz CT molecular complexity index is 877. The smallest absolute Gasteiger partial charge is 0.374 e. The maximum absolute atomic E-state index is 12.6. The molecule has 1 aliphatic carbocycles. The molecule has 3 nitrogen and oxygen atoms in total. The van der Waals surface area contributed by atoms with Crippen molar-refractivity contribution in [2.75, 3.05) is 0 Å². The number of ketones is 2. The van der Waals surface area contributed by atoms with Gasteiger partial charge in [0.05, 0.1) is 10.6 Å². The Labute approximate surface area is 149 Å². The van der Waals surface area contributed by atoms with E-state index >= 15 is 0 Å². The summed E-state index contributed by atoms with van der Waals surface area (Å²) in [6.07, 6.45) is -2.96. The number of alkyl halides is 3. The molecule has 2 aliphatic rings. The summed E-state index contributed by atoms with van der Waals surface area (Å²) in [6.45, 7) is 1.08. The lowest BCUT2D eigenvalue weighted by Crippen LogP contribution is -2.48. The molecule has 3 rings (SSSR count). The number of rotatable bonds is 1. The van der Waals surface area contributed by atoms with Crippen molar-refractivity contribution in [1.29, 1.82) is 0 Å². The second-order valence-corrected chi connectivity index (χ2v) is 6.98. The van der Waals surface area contributed by atoms with Crippen molar-refractivity contribution in [1.82, 2.24) is 0 Å². The first kappa shape index (κ1) is 18.0. The SMILES string of the molecule is CC1(O)C(=O)C2=CSC(c3ccc(C(F)(F)F)cc3)=CC2=C(Cl)C1=O. The molecule has 1 aromatic carbocycles. The van der Waals surface area contributed by atoms with Crippen molar-refractivity contribution in [2.24, 2.45) is 0 Å². The monoisotopic (exact) mass is 386 g/mol. The van der Waals surface area contributed by atoms with E-state index in [4.69, 9.17) is 11.6 Å². The Hall–Kier alpha value is -1.83. The van der Waals surface area contributed by atoms with Gasteiger partial charge in [-0.25, -0.2) is 0 Å². The van der Waals surface area contributed by atoms with Crippen LogP contribution in [0.15, 0.2) is 51.9 Å². The van der Waals surface area contributed by atoms with Crippen LogP contribution in [0.2, 0.25) is 0 Å². The van der Waals surface area contributed by atoms with Gasteiger partial charge in [0, 0.05) is 16.1 Å². The molecule has 1 aromatic rings. The highest BCUT2D eigenvalue weighted by Crippen LogP contribution is 2.43. The summed E-state index contributed by atoms with van der Waals surface area (Å²) in [5.74, 6) is -1.66. The van der Waals surface area contributed by atoms with E-state index in [9.17, 15) is 27.9 Å². The fourth-order valence-corrected chi connectivity index (χ4v) is 3.74. The van der Waals surface area contributed by atoms with Gasteiger partial charge in [-0.1, -0.05) is 35.5 Å². The van der Waals surface area contributed by atoms with Crippen molar-refractivity contribution in [3.63, 3.8) is 0 Å². The minimum Gasteiger partial charge on any atom is -0.374 e. The maximum atomic E-state index is 12.6. The first-order valence-corrected chi connectivity index (χ1v) is 8.27. The molecule has 0 aromatic heterocycles. The van der Waals surface area contributed by atoms with Gasteiger partial charge in [-0.3, -0.25) is 9.59 Å². The van der Waals surface area contributed by atoms with Crippen molar-refractivity contribution in [3.05, 3.63) is 63.1 Å². The van der Waals surface area contributed by atoms with Crippen LogP contribution in [0.4, 0.5) is 13.2 Å². The molecule has 1 N–H and O–H groups in total. The summed E-state index contributed by atoms with van der Waals surface area (Å²) in [7, 11) is 0. The van der Waals surface area contributed by atoms with Gasteiger partial charge >= 0.3 is 6.18 Å². The second kappa shape index (κ2) is 5.86.